The van der Waals surface area contributed by atoms with E-state index in [1.54, 1.807) is 7.11 Å². The summed E-state index contributed by atoms with van der Waals surface area (Å²) in [6.45, 7) is 12.5. The molecule has 1 aromatic rings. The molecule has 5 heteroatoms. The molecule has 0 saturated carbocycles. The first kappa shape index (κ1) is 20.0. The van der Waals surface area contributed by atoms with E-state index in [2.05, 4.69) is 35.8 Å². The number of aliphatic hydroxyl groups excluding tert-OH is 1. The molecule has 0 radical (unpaired) electrons. The Morgan fingerprint density at radius 2 is 2.04 bits per heavy atom. The van der Waals surface area contributed by atoms with Gasteiger partial charge in [0.2, 0.25) is 0 Å². The van der Waals surface area contributed by atoms with E-state index in [4.69, 9.17) is 9.47 Å². The minimum absolute atomic E-state index is 0.254. The number of aliphatic hydroxyl groups is 1. The molecule has 142 valence electrons. The number of methoxy groups -OCH3 is 1. The van der Waals surface area contributed by atoms with Gasteiger partial charge in [-0.25, -0.2) is 0 Å². The van der Waals surface area contributed by atoms with Gasteiger partial charge in [-0.3, -0.25) is 9.80 Å². The van der Waals surface area contributed by atoms with Gasteiger partial charge in [0.15, 0.2) is 11.5 Å². The Morgan fingerprint density at radius 1 is 1.24 bits per heavy atom. The molecule has 1 aliphatic rings. The number of piperazine rings is 1. The molecule has 1 N–H and O–H groups in total. The van der Waals surface area contributed by atoms with Crippen LogP contribution in [0.4, 0.5) is 0 Å². The lowest BCUT2D eigenvalue weighted by Crippen LogP contribution is -2.53. The molecule has 25 heavy (non-hydrogen) atoms. The Labute approximate surface area is 152 Å². The van der Waals surface area contributed by atoms with E-state index in [0.29, 0.717) is 18.6 Å². The van der Waals surface area contributed by atoms with Crippen molar-refractivity contribution in [3.05, 3.63) is 23.8 Å². The zero-order valence-electron chi connectivity index (χ0n) is 16.2. The summed E-state index contributed by atoms with van der Waals surface area (Å²) in [5.41, 5.74) is 1.24. The van der Waals surface area contributed by atoms with E-state index in [-0.39, 0.29) is 6.61 Å². The van der Waals surface area contributed by atoms with Gasteiger partial charge in [-0.1, -0.05) is 19.9 Å². The predicted molar refractivity (Wildman–Crippen MR) is 101 cm³/mol. The Kier molecular flexibility index (Phi) is 8.00. The lowest BCUT2D eigenvalue weighted by Gasteiger charge is -2.42. The molecule has 1 aromatic carbocycles. The number of hydrogen-bond donors (Lipinski definition) is 1. The second-order valence-corrected chi connectivity index (χ2v) is 7.21. The summed E-state index contributed by atoms with van der Waals surface area (Å²) in [5.74, 6) is 2.25. The highest BCUT2D eigenvalue weighted by Gasteiger charge is 2.27. The maximum absolute atomic E-state index is 9.42. The van der Waals surface area contributed by atoms with Gasteiger partial charge in [0, 0.05) is 45.4 Å². The first-order valence-electron chi connectivity index (χ1n) is 9.44. The van der Waals surface area contributed by atoms with Crippen molar-refractivity contribution < 1.29 is 14.6 Å². The topological polar surface area (TPSA) is 45.2 Å². The molecule has 0 spiro atoms. The number of ether oxygens (including phenoxy) is 2. The summed E-state index contributed by atoms with van der Waals surface area (Å²) >= 11 is 0. The van der Waals surface area contributed by atoms with Gasteiger partial charge < -0.3 is 14.6 Å². The first-order chi connectivity index (χ1) is 12.1. The molecule has 0 aromatic heterocycles. The Bertz CT molecular complexity index is 522. The minimum Gasteiger partial charge on any atom is -0.493 e. The Balaban J connectivity index is 2.01. The van der Waals surface area contributed by atoms with Crippen molar-refractivity contribution in [2.45, 2.75) is 39.8 Å². The first-order valence-corrected chi connectivity index (χ1v) is 9.44. The summed E-state index contributed by atoms with van der Waals surface area (Å²) in [6.07, 6.45) is 0.843. The van der Waals surface area contributed by atoms with E-state index in [1.165, 1.54) is 5.56 Å². The normalized spacial score (nSPS) is 19.4. The van der Waals surface area contributed by atoms with E-state index in [1.807, 2.05) is 13.0 Å². The third-order valence-electron chi connectivity index (χ3n) is 4.68. The number of nitrogens with zero attached hydrogens (tertiary/aromatic N) is 2. The van der Waals surface area contributed by atoms with Crippen molar-refractivity contribution in [1.29, 1.82) is 0 Å². The van der Waals surface area contributed by atoms with Gasteiger partial charge in [0.1, 0.15) is 0 Å². The molecule has 5 nitrogen and oxygen atoms in total. The van der Waals surface area contributed by atoms with E-state index < -0.39 is 0 Å². The summed E-state index contributed by atoms with van der Waals surface area (Å²) in [5, 5.41) is 9.42. The Morgan fingerprint density at radius 3 is 2.68 bits per heavy atom. The molecular weight excluding hydrogens is 316 g/mol. The van der Waals surface area contributed by atoms with Crippen LogP contribution in [0.25, 0.3) is 0 Å². The lowest BCUT2D eigenvalue weighted by molar-refractivity contribution is 0.0476. The van der Waals surface area contributed by atoms with Crippen molar-refractivity contribution in [3.8, 4) is 11.5 Å². The fourth-order valence-corrected chi connectivity index (χ4v) is 3.58. The van der Waals surface area contributed by atoms with Crippen LogP contribution in [-0.2, 0) is 6.54 Å². The predicted octanol–water partition coefficient (Wildman–Crippen LogP) is 2.62. The van der Waals surface area contributed by atoms with Crippen LogP contribution in [0.2, 0.25) is 0 Å². The van der Waals surface area contributed by atoms with E-state index in [9.17, 15) is 5.11 Å². The molecule has 1 atom stereocenters. The minimum atomic E-state index is 0.254. The van der Waals surface area contributed by atoms with Crippen LogP contribution in [0.1, 0.15) is 32.8 Å². The molecule has 1 unspecified atom stereocenters. The van der Waals surface area contributed by atoms with Crippen LogP contribution in [-0.4, -0.2) is 67.5 Å². The van der Waals surface area contributed by atoms with E-state index in [0.717, 1.165) is 50.6 Å². The van der Waals surface area contributed by atoms with Gasteiger partial charge in [0.25, 0.3) is 0 Å². The third kappa shape index (κ3) is 5.87. The number of benzene rings is 1. The summed E-state index contributed by atoms with van der Waals surface area (Å²) in [4.78, 5) is 5.02. The second-order valence-electron chi connectivity index (χ2n) is 7.21. The number of hydrogen-bond acceptors (Lipinski definition) is 5. The number of rotatable bonds is 9. The molecule has 1 fully saturated rings. The van der Waals surface area contributed by atoms with E-state index >= 15 is 0 Å². The van der Waals surface area contributed by atoms with Gasteiger partial charge in [-0.2, -0.15) is 0 Å². The highest BCUT2D eigenvalue weighted by atomic mass is 16.5. The van der Waals surface area contributed by atoms with Crippen LogP contribution in [0.15, 0.2) is 18.2 Å². The van der Waals surface area contributed by atoms with Crippen molar-refractivity contribution >= 4 is 0 Å². The molecule has 2 rings (SSSR count). The fraction of sp³-hybridized carbons (Fsp3) is 0.700. The van der Waals surface area contributed by atoms with Crippen molar-refractivity contribution in [3.63, 3.8) is 0 Å². The van der Waals surface area contributed by atoms with Crippen LogP contribution >= 0.6 is 0 Å². The highest BCUT2D eigenvalue weighted by molar-refractivity contribution is 5.43. The van der Waals surface area contributed by atoms with Crippen molar-refractivity contribution in [2.75, 3.05) is 46.5 Å². The van der Waals surface area contributed by atoms with Crippen molar-refractivity contribution in [2.24, 2.45) is 5.92 Å². The van der Waals surface area contributed by atoms with Crippen LogP contribution in [0, 0.1) is 5.92 Å². The molecule has 0 bridgehead atoms. The smallest absolute Gasteiger partial charge is 0.161 e. The molecular formula is C20H34N2O3. The maximum atomic E-state index is 9.42. The molecule has 1 saturated heterocycles. The van der Waals surface area contributed by atoms with Crippen molar-refractivity contribution in [1.82, 2.24) is 9.80 Å². The lowest BCUT2D eigenvalue weighted by atomic mass is 10.1. The standard InChI is InChI=1S/C20H34N2O3/c1-5-25-20-12-17(6-7-19(20)24-4)14-21-9-10-22(13-16(2)3)18(15-21)8-11-23/h6-7,12,16,18,23H,5,8-11,13-15H2,1-4H3. The van der Waals surface area contributed by atoms with Gasteiger partial charge in [-0.15, -0.1) is 0 Å². The quantitative estimate of drug-likeness (QED) is 0.742. The average molecular weight is 351 g/mol. The SMILES string of the molecule is CCOc1cc(CN2CCN(CC(C)C)C(CCO)C2)ccc1OC. The Hall–Kier alpha value is -1.30. The van der Waals surface area contributed by atoms with Gasteiger partial charge in [-0.05, 0) is 37.0 Å². The monoisotopic (exact) mass is 350 g/mol. The zero-order chi connectivity index (χ0) is 18.2. The van der Waals surface area contributed by atoms with Crippen LogP contribution in [0.3, 0.4) is 0 Å². The maximum Gasteiger partial charge on any atom is 0.161 e. The van der Waals surface area contributed by atoms with Gasteiger partial charge in [0.05, 0.1) is 13.7 Å². The molecule has 1 heterocycles. The molecule has 0 aliphatic carbocycles. The average Bonchev–Trinajstić information content (AvgIpc) is 2.58. The third-order valence-corrected chi connectivity index (χ3v) is 4.68. The molecule has 0 amide bonds. The summed E-state index contributed by atoms with van der Waals surface area (Å²) in [7, 11) is 1.67. The summed E-state index contributed by atoms with van der Waals surface area (Å²) < 4.78 is 11.1. The van der Waals surface area contributed by atoms with Crippen LogP contribution in [0.5, 0.6) is 11.5 Å². The molecule has 1 aliphatic heterocycles. The highest BCUT2D eigenvalue weighted by Crippen LogP contribution is 2.29. The largest absolute Gasteiger partial charge is 0.493 e. The second kappa shape index (κ2) is 10.00. The van der Waals surface area contributed by atoms with Gasteiger partial charge >= 0.3 is 0 Å². The zero-order valence-corrected chi connectivity index (χ0v) is 16.2. The fourth-order valence-electron chi connectivity index (χ4n) is 3.58. The van der Waals surface area contributed by atoms with Crippen LogP contribution < -0.4 is 9.47 Å². The summed E-state index contributed by atoms with van der Waals surface area (Å²) in [6, 6.07) is 6.62.